The quantitative estimate of drug-likeness (QED) is 0.346. The Morgan fingerprint density at radius 3 is 2.52 bits per heavy atom. The molecule has 2 aromatic carbocycles. The van der Waals surface area contributed by atoms with Gasteiger partial charge in [-0.15, -0.1) is 24.0 Å². The number of hydrogen-bond donors (Lipinski definition) is 2. The lowest BCUT2D eigenvalue weighted by atomic mass is 9.96. The molecule has 1 fully saturated rings. The van der Waals surface area contributed by atoms with Crippen LogP contribution >= 0.6 is 24.0 Å². The third kappa shape index (κ3) is 7.54. The van der Waals surface area contributed by atoms with E-state index in [4.69, 9.17) is 0 Å². The van der Waals surface area contributed by atoms with Crippen LogP contribution in [0.1, 0.15) is 24.0 Å². The van der Waals surface area contributed by atoms with Crippen molar-refractivity contribution >= 4 is 29.9 Å². The van der Waals surface area contributed by atoms with E-state index in [2.05, 4.69) is 20.5 Å². The molecule has 1 aliphatic rings. The maximum Gasteiger partial charge on any atom is 0.191 e. The van der Waals surface area contributed by atoms with Gasteiger partial charge in [0.15, 0.2) is 5.96 Å². The molecule has 1 heterocycles. The lowest BCUT2D eigenvalue weighted by Crippen LogP contribution is -2.42. The third-order valence-electron chi connectivity index (χ3n) is 5.19. The van der Waals surface area contributed by atoms with Crippen LogP contribution in [0.2, 0.25) is 0 Å². The highest BCUT2D eigenvalue weighted by Crippen LogP contribution is 2.19. The molecule has 1 aliphatic heterocycles. The van der Waals surface area contributed by atoms with Crippen molar-refractivity contribution in [3.8, 4) is 0 Å². The number of halogens is 3. The summed E-state index contributed by atoms with van der Waals surface area (Å²) in [7, 11) is 1.73. The second-order valence-corrected chi connectivity index (χ2v) is 7.25. The highest BCUT2D eigenvalue weighted by atomic mass is 127. The highest BCUT2D eigenvalue weighted by molar-refractivity contribution is 14.0. The maximum absolute atomic E-state index is 13.8. The summed E-state index contributed by atoms with van der Waals surface area (Å²) in [5, 5.41) is 6.58. The van der Waals surface area contributed by atoms with Gasteiger partial charge in [0.25, 0.3) is 0 Å². The van der Waals surface area contributed by atoms with Crippen molar-refractivity contribution in [2.45, 2.75) is 25.9 Å². The Morgan fingerprint density at radius 2 is 1.83 bits per heavy atom. The Balaban J connectivity index is 0.00000300. The lowest BCUT2D eigenvalue weighted by Gasteiger charge is -2.32. The summed E-state index contributed by atoms with van der Waals surface area (Å²) in [4.78, 5) is 6.55. The first-order valence-electron chi connectivity index (χ1n) is 9.79. The van der Waals surface area contributed by atoms with Crippen molar-refractivity contribution in [3.05, 3.63) is 71.3 Å². The molecule has 0 unspecified atom stereocenters. The molecule has 158 valence electrons. The van der Waals surface area contributed by atoms with Gasteiger partial charge in [-0.05, 0) is 55.6 Å². The third-order valence-corrected chi connectivity index (χ3v) is 5.19. The number of hydrogen-bond acceptors (Lipinski definition) is 2. The van der Waals surface area contributed by atoms with E-state index in [0.717, 1.165) is 49.6 Å². The fraction of sp³-hybridized carbons (Fsp3) is 0.409. The van der Waals surface area contributed by atoms with Gasteiger partial charge in [-0.3, -0.25) is 9.89 Å². The average molecular weight is 514 g/mol. The second kappa shape index (κ2) is 12.1. The van der Waals surface area contributed by atoms with E-state index in [-0.39, 0.29) is 35.6 Å². The predicted octanol–water partition coefficient (Wildman–Crippen LogP) is 4.16. The summed E-state index contributed by atoms with van der Waals surface area (Å²) in [5.74, 6) is 0.923. The summed E-state index contributed by atoms with van der Waals surface area (Å²) in [6, 6.07) is 13.5. The number of rotatable bonds is 6. The van der Waals surface area contributed by atoms with Gasteiger partial charge in [0.1, 0.15) is 11.6 Å². The summed E-state index contributed by atoms with van der Waals surface area (Å²) >= 11 is 0. The van der Waals surface area contributed by atoms with E-state index in [0.29, 0.717) is 19.0 Å². The molecule has 1 saturated heterocycles. The molecule has 7 heteroatoms. The Kier molecular flexibility index (Phi) is 9.80. The van der Waals surface area contributed by atoms with Gasteiger partial charge in [-0.1, -0.05) is 30.3 Å². The minimum absolute atomic E-state index is 0. The van der Waals surface area contributed by atoms with Gasteiger partial charge in [0.05, 0.1) is 0 Å². The first-order valence-corrected chi connectivity index (χ1v) is 9.79. The minimum atomic E-state index is -0.232. The van der Waals surface area contributed by atoms with Gasteiger partial charge in [0.2, 0.25) is 0 Å². The monoisotopic (exact) mass is 514 g/mol. The molecule has 0 atom stereocenters. The number of aliphatic imine (C=N–C) groups is 1. The van der Waals surface area contributed by atoms with E-state index in [1.54, 1.807) is 19.2 Å². The van der Waals surface area contributed by atoms with Crippen molar-refractivity contribution in [3.63, 3.8) is 0 Å². The van der Waals surface area contributed by atoms with Gasteiger partial charge in [-0.25, -0.2) is 8.78 Å². The topological polar surface area (TPSA) is 39.7 Å². The molecule has 2 N–H and O–H groups in total. The van der Waals surface area contributed by atoms with Crippen molar-refractivity contribution < 1.29 is 8.78 Å². The van der Waals surface area contributed by atoms with Crippen LogP contribution in [0.3, 0.4) is 0 Å². The Hall–Kier alpha value is -1.74. The first-order chi connectivity index (χ1) is 13.6. The molecule has 0 aliphatic carbocycles. The zero-order valence-electron chi connectivity index (χ0n) is 16.7. The summed E-state index contributed by atoms with van der Waals surface area (Å²) in [5.41, 5.74) is 1.64. The fourth-order valence-electron chi connectivity index (χ4n) is 3.51. The predicted molar refractivity (Wildman–Crippen MR) is 124 cm³/mol. The molecule has 0 amide bonds. The molecule has 0 spiro atoms. The van der Waals surface area contributed by atoms with Crippen LogP contribution in [0.5, 0.6) is 0 Å². The van der Waals surface area contributed by atoms with E-state index in [1.807, 2.05) is 18.2 Å². The van der Waals surface area contributed by atoms with Crippen LogP contribution in [-0.2, 0) is 13.1 Å². The lowest BCUT2D eigenvalue weighted by molar-refractivity contribution is 0.176. The van der Waals surface area contributed by atoms with Crippen LogP contribution < -0.4 is 10.6 Å². The maximum atomic E-state index is 13.8. The van der Waals surface area contributed by atoms with Crippen LogP contribution in [0, 0.1) is 17.6 Å². The highest BCUT2D eigenvalue weighted by Gasteiger charge is 2.20. The molecular weight excluding hydrogens is 485 g/mol. The molecule has 2 aromatic rings. The first kappa shape index (κ1) is 23.5. The summed E-state index contributed by atoms with van der Waals surface area (Å²) in [6.07, 6.45) is 2.14. The van der Waals surface area contributed by atoms with E-state index >= 15 is 0 Å². The van der Waals surface area contributed by atoms with Gasteiger partial charge in [0, 0.05) is 32.2 Å². The minimum Gasteiger partial charge on any atom is -0.356 e. The number of nitrogens with one attached hydrogen (secondary N) is 2. The Morgan fingerprint density at radius 1 is 1.07 bits per heavy atom. The van der Waals surface area contributed by atoms with Gasteiger partial charge in [-0.2, -0.15) is 0 Å². The van der Waals surface area contributed by atoms with Crippen LogP contribution in [0.25, 0.3) is 0 Å². The summed E-state index contributed by atoms with van der Waals surface area (Å²) < 4.78 is 27.1. The van der Waals surface area contributed by atoms with E-state index in [1.165, 1.54) is 18.2 Å². The smallest absolute Gasteiger partial charge is 0.191 e. The fourth-order valence-corrected chi connectivity index (χ4v) is 3.51. The zero-order chi connectivity index (χ0) is 19.8. The molecule has 0 bridgehead atoms. The normalized spacial score (nSPS) is 15.6. The Bertz CT molecular complexity index is 792. The van der Waals surface area contributed by atoms with Crippen LogP contribution in [0.15, 0.2) is 53.5 Å². The second-order valence-electron chi connectivity index (χ2n) is 7.25. The van der Waals surface area contributed by atoms with Crippen LogP contribution in [-0.4, -0.2) is 37.5 Å². The van der Waals surface area contributed by atoms with E-state index < -0.39 is 0 Å². The molecule has 0 aromatic heterocycles. The standard InChI is InChI=1S/C22H28F2N4.HI/c1-25-22(27-15-18-5-4-7-20(23)13-18)26-14-17-9-11-28(12-10-17)16-19-6-2-3-8-21(19)24;/h2-8,13,17H,9-12,14-16H2,1H3,(H2,25,26,27);1H. The number of benzene rings is 2. The molecule has 4 nitrogen and oxygen atoms in total. The van der Waals surface area contributed by atoms with E-state index in [9.17, 15) is 8.78 Å². The largest absolute Gasteiger partial charge is 0.356 e. The Labute approximate surface area is 188 Å². The average Bonchev–Trinajstić information content (AvgIpc) is 2.71. The molecule has 0 saturated carbocycles. The number of guanidine groups is 1. The zero-order valence-corrected chi connectivity index (χ0v) is 19.0. The van der Waals surface area contributed by atoms with Crippen molar-refractivity contribution in [1.82, 2.24) is 15.5 Å². The van der Waals surface area contributed by atoms with Crippen molar-refractivity contribution in [2.75, 3.05) is 26.7 Å². The van der Waals surface area contributed by atoms with Gasteiger partial charge < -0.3 is 10.6 Å². The number of nitrogens with zero attached hydrogens (tertiary/aromatic N) is 2. The molecule has 29 heavy (non-hydrogen) atoms. The molecule has 0 radical (unpaired) electrons. The van der Waals surface area contributed by atoms with Gasteiger partial charge >= 0.3 is 0 Å². The summed E-state index contributed by atoms with van der Waals surface area (Å²) in [6.45, 7) is 3.98. The molecule has 3 rings (SSSR count). The van der Waals surface area contributed by atoms with Crippen molar-refractivity contribution in [2.24, 2.45) is 10.9 Å². The van der Waals surface area contributed by atoms with Crippen molar-refractivity contribution in [1.29, 1.82) is 0 Å². The molecular formula is C22H29F2IN4. The number of likely N-dealkylation sites (tertiary alicyclic amines) is 1. The SMILES string of the molecule is CN=C(NCc1cccc(F)c1)NCC1CCN(Cc2ccccc2F)CC1.I. The number of piperidine rings is 1. The van der Waals surface area contributed by atoms with Crippen LogP contribution in [0.4, 0.5) is 8.78 Å².